The summed E-state index contributed by atoms with van der Waals surface area (Å²) in [5, 5.41) is 11.0. The Morgan fingerprint density at radius 3 is 2.36 bits per heavy atom. The number of amides is 1. The van der Waals surface area contributed by atoms with E-state index in [1.54, 1.807) is 7.05 Å². The molecule has 0 saturated heterocycles. The number of aliphatic carboxylic acids is 1. The van der Waals surface area contributed by atoms with Crippen molar-refractivity contribution in [3.8, 4) is 5.75 Å². The second kappa shape index (κ2) is 7.64. The molecule has 0 radical (unpaired) electrons. The third-order valence-electron chi connectivity index (χ3n) is 2.49. The van der Waals surface area contributed by atoms with Crippen molar-refractivity contribution in [3.05, 3.63) is 24.3 Å². The fraction of sp³-hybridized carbons (Fsp3) is 0.385. The topological polar surface area (TPSA) is 78.9 Å². The molecule has 122 valence electrons. The molecule has 0 spiro atoms. The van der Waals surface area contributed by atoms with Gasteiger partial charge in [-0.25, -0.2) is 0 Å². The normalized spacial score (nSPS) is 11.3. The van der Waals surface area contributed by atoms with Gasteiger partial charge in [0.25, 0.3) is 0 Å². The van der Waals surface area contributed by atoms with E-state index in [4.69, 9.17) is 5.11 Å². The minimum Gasteiger partial charge on any atom is -0.481 e. The molecular formula is C13H15F3N2O4. The molecule has 0 bridgehead atoms. The molecule has 0 aromatic heterocycles. The van der Waals surface area contributed by atoms with Gasteiger partial charge in [0, 0.05) is 12.2 Å². The first-order valence-electron chi connectivity index (χ1n) is 6.22. The van der Waals surface area contributed by atoms with E-state index >= 15 is 0 Å². The largest absolute Gasteiger partial charge is 0.573 e. The second-order valence-corrected chi connectivity index (χ2v) is 4.50. The van der Waals surface area contributed by atoms with Crippen LogP contribution in [0.15, 0.2) is 24.3 Å². The minimum absolute atomic E-state index is 0.0336. The highest BCUT2D eigenvalue weighted by molar-refractivity contribution is 5.92. The van der Waals surface area contributed by atoms with Gasteiger partial charge < -0.3 is 15.2 Å². The van der Waals surface area contributed by atoms with Crippen LogP contribution in [0.4, 0.5) is 18.9 Å². The Morgan fingerprint density at radius 2 is 1.86 bits per heavy atom. The SMILES string of the molecule is CN(CCC(=O)O)CC(=O)Nc1ccc(OC(F)(F)F)cc1. The van der Waals surface area contributed by atoms with Crippen molar-refractivity contribution in [2.24, 2.45) is 0 Å². The molecule has 0 saturated carbocycles. The fourth-order valence-corrected chi connectivity index (χ4v) is 1.55. The smallest absolute Gasteiger partial charge is 0.481 e. The molecule has 1 aromatic carbocycles. The molecule has 6 nitrogen and oxygen atoms in total. The third kappa shape index (κ3) is 7.48. The molecule has 0 fully saturated rings. The van der Waals surface area contributed by atoms with Gasteiger partial charge in [-0.1, -0.05) is 0 Å². The lowest BCUT2D eigenvalue weighted by Crippen LogP contribution is -2.31. The van der Waals surface area contributed by atoms with E-state index in [9.17, 15) is 22.8 Å². The lowest BCUT2D eigenvalue weighted by molar-refractivity contribution is -0.274. The van der Waals surface area contributed by atoms with Crippen molar-refractivity contribution in [2.45, 2.75) is 12.8 Å². The fourth-order valence-electron chi connectivity index (χ4n) is 1.55. The zero-order valence-corrected chi connectivity index (χ0v) is 11.7. The number of hydrogen-bond acceptors (Lipinski definition) is 4. The quantitative estimate of drug-likeness (QED) is 0.802. The second-order valence-electron chi connectivity index (χ2n) is 4.50. The maximum Gasteiger partial charge on any atom is 0.573 e. The van der Waals surface area contributed by atoms with E-state index in [0.29, 0.717) is 5.69 Å². The molecule has 0 aliphatic heterocycles. The number of ether oxygens (including phenoxy) is 1. The molecule has 0 aliphatic rings. The Hall–Kier alpha value is -2.29. The number of carbonyl (C=O) groups excluding carboxylic acids is 1. The number of benzene rings is 1. The maximum absolute atomic E-state index is 12.0. The van der Waals surface area contributed by atoms with Crippen molar-refractivity contribution in [3.63, 3.8) is 0 Å². The molecule has 0 atom stereocenters. The standard InChI is InChI=1S/C13H15F3N2O4/c1-18(7-6-12(20)21)8-11(19)17-9-2-4-10(5-3-9)22-13(14,15)16/h2-5H,6-8H2,1H3,(H,17,19)(H,20,21). The summed E-state index contributed by atoms with van der Waals surface area (Å²) in [6.45, 7) is 0.176. The maximum atomic E-state index is 12.0. The van der Waals surface area contributed by atoms with E-state index in [0.717, 1.165) is 12.1 Å². The van der Waals surface area contributed by atoms with Crippen LogP contribution in [0.1, 0.15) is 6.42 Å². The summed E-state index contributed by atoms with van der Waals surface area (Å²) in [5.41, 5.74) is 0.311. The highest BCUT2D eigenvalue weighted by atomic mass is 19.4. The van der Waals surface area contributed by atoms with Crippen LogP contribution in [0.3, 0.4) is 0 Å². The van der Waals surface area contributed by atoms with Crippen LogP contribution in [-0.4, -0.2) is 48.4 Å². The monoisotopic (exact) mass is 320 g/mol. The summed E-state index contributed by atoms with van der Waals surface area (Å²) < 4.78 is 39.7. The average Bonchev–Trinajstić information content (AvgIpc) is 2.37. The van der Waals surface area contributed by atoms with Gasteiger partial charge in [0.1, 0.15) is 5.75 Å². The number of halogens is 3. The summed E-state index contributed by atoms with van der Waals surface area (Å²) >= 11 is 0. The lowest BCUT2D eigenvalue weighted by Gasteiger charge is -2.15. The minimum atomic E-state index is -4.77. The molecule has 0 heterocycles. The highest BCUT2D eigenvalue weighted by Crippen LogP contribution is 2.23. The molecule has 9 heteroatoms. The number of anilines is 1. The van der Waals surface area contributed by atoms with E-state index in [-0.39, 0.29) is 25.3 Å². The Balaban J connectivity index is 2.46. The number of carboxylic acids is 1. The number of nitrogens with one attached hydrogen (secondary N) is 1. The average molecular weight is 320 g/mol. The Labute approximate surface area is 124 Å². The number of rotatable bonds is 7. The molecule has 2 N–H and O–H groups in total. The van der Waals surface area contributed by atoms with E-state index in [1.807, 2.05) is 0 Å². The first-order valence-corrected chi connectivity index (χ1v) is 6.22. The van der Waals surface area contributed by atoms with Crippen LogP contribution >= 0.6 is 0 Å². The van der Waals surface area contributed by atoms with Gasteiger partial charge >= 0.3 is 12.3 Å². The zero-order valence-electron chi connectivity index (χ0n) is 11.7. The van der Waals surface area contributed by atoms with Crippen LogP contribution < -0.4 is 10.1 Å². The molecule has 0 unspecified atom stereocenters. The summed E-state index contributed by atoms with van der Waals surface area (Å²) in [6.07, 6.45) is -4.86. The summed E-state index contributed by atoms with van der Waals surface area (Å²) in [6, 6.07) is 4.71. The van der Waals surface area contributed by atoms with Gasteiger partial charge in [0.05, 0.1) is 13.0 Å². The van der Waals surface area contributed by atoms with Crippen molar-refractivity contribution in [1.82, 2.24) is 4.90 Å². The van der Waals surface area contributed by atoms with Crippen LogP contribution in [0, 0.1) is 0 Å². The molecule has 0 aliphatic carbocycles. The number of carbonyl (C=O) groups is 2. The van der Waals surface area contributed by atoms with Gasteiger partial charge in [-0.05, 0) is 31.3 Å². The van der Waals surface area contributed by atoms with Gasteiger partial charge in [0.2, 0.25) is 5.91 Å². The Kier molecular flexibility index (Phi) is 6.17. The van der Waals surface area contributed by atoms with Crippen molar-refractivity contribution >= 4 is 17.6 Å². The Bertz CT molecular complexity index is 517. The van der Waals surface area contributed by atoms with Crippen LogP contribution in [0.25, 0.3) is 0 Å². The van der Waals surface area contributed by atoms with Crippen molar-refractivity contribution in [1.29, 1.82) is 0 Å². The molecule has 1 aromatic rings. The number of alkyl halides is 3. The summed E-state index contributed by atoms with van der Waals surface area (Å²) in [7, 11) is 1.59. The van der Waals surface area contributed by atoms with Gasteiger partial charge in [-0.3, -0.25) is 14.5 Å². The summed E-state index contributed by atoms with van der Waals surface area (Å²) in [4.78, 5) is 23.6. The molecule has 1 rings (SSSR count). The predicted octanol–water partition coefficient (Wildman–Crippen LogP) is 1.93. The third-order valence-corrected chi connectivity index (χ3v) is 2.49. The van der Waals surface area contributed by atoms with Crippen molar-refractivity contribution in [2.75, 3.05) is 25.5 Å². The van der Waals surface area contributed by atoms with E-state index in [1.165, 1.54) is 17.0 Å². The highest BCUT2D eigenvalue weighted by Gasteiger charge is 2.30. The van der Waals surface area contributed by atoms with Gasteiger partial charge in [-0.2, -0.15) is 0 Å². The van der Waals surface area contributed by atoms with Crippen LogP contribution in [-0.2, 0) is 9.59 Å². The first kappa shape index (κ1) is 17.8. The van der Waals surface area contributed by atoms with Crippen molar-refractivity contribution < 1.29 is 32.6 Å². The van der Waals surface area contributed by atoms with E-state index < -0.39 is 18.2 Å². The summed E-state index contributed by atoms with van der Waals surface area (Å²) in [5.74, 6) is -1.76. The number of likely N-dealkylation sites (N-methyl/N-ethyl adjacent to an activating group) is 1. The molecule has 1 amide bonds. The predicted molar refractivity (Wildman–Crippen MR) is 71.5 cm³/mol. The van der Waals surface area contributed by atoms with Gasteiger partial charge in [0.15, 0.2) is 0 Å². The number of nitrogens with zero attached hydrogens (tertiary/aromatic N) is 1. The lowest BCUT2D eigenvalue weighted by atomic mass is 10.3. The van der Waals surface area contributed by atoms with Gasteiger partial charge in [-0.15, -0.1) is 13.2 Å². The van der Waals surface area contributed by atoms with Crippen LogP contribution in [0.5, 0.6) is 5.75 Å². The number of carboxylic acid groups (broad SMARTS) is 1. The first-order chi connectivity index (χ1) is 10.2. The number of hydrogen-bond donors (Lipinski definition) is 2. The Morgan fingerprint density at radius 1 is 1.27 bits per heavy atom. The molecular weight excluding hydrogens is 305 g/mol. The van der Waals surface area contributed by atoms with Crippen LogP contribution in [0.2, 0.25) is 0 Å². The van der Waals surface area contributed by atoms with E-state index in [2.05, 4.69) is 10.1 Å². The molecule has 22 heavy (non-hydrogen) atoms. The zero-order chi connectivity index (χ0) is 16.8.